The average Bonchev–Trinajstić information content (AvgIpc) is 2.71. The molecule has 110 valence electrons. The molecule has 0 bridgehead atoms. The number of hydrogen-bond donors (Lipinski definition) is 3. The van der Waals surface area contributed by atoms with E-state index >= 15 is 0 Å². The minimum Gasteiger partial charge on any atom is -0.395 e. The second-order valence-electron chi connectivity index (χ2n) is 4.28. The molecule has 21 heavy (non-hydrogen) atoms. The molecule has 0 saturated heterocycles. The van der Waals surface area contributed by atoms with Crippen molar-refractivity contribution < 1.29 is 18.3 Å². The number of anilines is 3. The van der Waals surface area contributed by atoms with Gasteiger partial charge in [0, 0.05) is 17.8 Å². The quantitative estimate of drug-likeness (QED) is 0.590. The lowest BCUT2D eigenvalue weighted by atomic mass is 10.3. The molecule has 7 nitrogen and oxygen atoms in total. The van der Waals surface area contributed by atoms with Gasteiger partial charge in [-0.2, -0.15) is 0 Å². The number of nitrogens with zero attached hydrogens (tertiary/aromatic N) is 2. The molecule has 0 amide bonds. The van der Waals surface area contributed by atoms with Crippen molar-refractivity contribution in [2.75, 3.05) is 10.7 Å². The molecule has 0 fully saturated rings. The monoisotopic (exact) mass is 295 g/mol. The van der Waals surface area contributed by atoms with Crippen LogP contribution >= 0.6 is 0 Å². The number of benzene rings is 1. The molecule has 1 aromatic carbocycles. The van der Waals surface area contributed by atoms with Crippen LogP contribution in [0.4, 0.5) is 26.1 Å². The second kappa shape index (κ2) is 4.70. The molecule has 0 saturated carbocycles. The first-order valence-electron chi connectivity index (χ1n) is 5.94. The predicted octanol–water partition coefficient (Wildman–Crippen LogP) is 2.14. The van der Waals surface area contributed by atoms with Crippen LogP contribution in [0.5, 0.6) is 11.5 Å². The minimum atomic E-state index is -3.64. The zero-order valence-corrected chi connectivity index (χ0v) is 10.9. The van der Waals surface area contributed by atoms with Crippen LogP contribution in [-0.4, -0.2) is 16.3 Å². The zero-order valence-electron chi connectivity index (χ0n) is 10.9. The largest absolute Gasteiger partial charge is 0.586 e. The molecule has 2 heterocycles. The smallest absolute Gasteiger partial charge is 0.395 e. The van der Waals surface area contributed by atoms with E-state index in [-0.39, 0.29) is 11.5 Å². The summed E-state index contributed by atoms with van der Waals surface area (Å²) in [5.41, 5.74) is 2.92. The summed E-state index contributed by atoms with van der Waals surface area (Å²) < 4.78 is 34.6. The number of hydrogen-bond acceptors (Lipinski definition) is 7. The Bertz CT molecular complexity index is 695. The fourth-order valence-electron chi connectivity index (χ4n) is 1.88. The van der Waals surface area contributed by atoms with Crippen LogP contribution in [-0.2, 0) is 0 Å². The molecule has 3 rings (SSSR count). The number of fused-ring (bicyclic) bond motifs is 1. The second-order valence-corrected chi connectivity index (χ2v) is 4.28. The Morgan fingerprint density at radius 3 is 2.57 bits per heavy atom. The van der Waals surface area contributed by atoms with Crippen LogP contribution in [0.25, 0.3) is 0 Å². The number of aryl methyl sites for hydroxylation is 1. The third-order valence-electron chi connectivity index (χ3n) is 2.66. The van der Waals surface area contributed by atoms with Gasteiger partial charge in [-0.25, -0.2) is 15.8 Å². The van der Waals surface area contributed by atoms with Crippen molar-refractivity contribution in [1.29, 1.82) is 0 Å². The van der Waals surface area contributed by atoms with Gasteiger partial charge in [-0.15, -0.1) is 8.78 Å². The number of halogens is 2. The highest BCUT2D eigenvalue weighted by molar-refractivity contribution is 5.63. The van der Waals surface area contributed by atoms with E-state index in [9.17, 15) is 8.78 Å². The maximum Gasteiger partial charge on any atom is 0.586 e. The van der Waals surface area contributed by atoms with Gasteiger partial charge in [0.05, 0.1) is 0 Å². The third kappa shape index (κ3) is 2.77. The van der Waals surface area contributed by atoms with Crippen molar-refractivity contribution in [1.82, 2.24) is 9.97 Å². The lowest BCUT2D eigenvalue weighted by Gasteiger charge is -2.08. The van der Waals surface area contributed by atoms with Crippen molar-refractivity contribution in [3.63, 3.8) is 0 Å². The topological polar surface area (TPSA) is 94.3 Å². The summed E-state index contributed by atoms with van der Waals surface area (Å²) in [5.74, 6) is 6.62. The summed E-state index contributed by atoms with van der Waals surface area (Å²) >= 11 is 0. The maximum atomic E-state index is 12.9. The number of hydrazine groups is 1. The molecule has 0 radical (unpaired) electrons. The molecule has 4 N–H and O–H groups in total. The van der Waals surface area contributed by atoms with Crippen molar-refractivity contribution in [3.8, 4) is 11.5 Å². The molecule has 1 aromatic heterocycles. The van der Waals surface area contributed by atoms with Crippen molar-refractivity contribution >= 4 is 17.3 Å². The van der Waals surface area contributed by atoms with Crippen molar-refractivity contribution in [2.24, 2.45) is 5.84 Å². The van der Waals surface area contributed by atoms with E-state index in [1.54, 1.807) is 19.1 Å². The normalized spacial score (nSPS) is 14.9. The highest BCUT2D eigenvalue weighted by atomic mass is 19.3. The summed E-state index contributed by atoms with van der Waals surface area (Å²) in [7, 11) is 0. The van der Waals surface area contributed by atoms with Crippen molar-refractivity contribution in [3.05, 3.63) is 30.1 Å². The Morgan fingerprint density at radius 1 is 1.10 bits per heavy atom. The van der Waals surface area contributed by atoms with E-state index in [0.29, 0.717) is 23.1 Å². The van der Waals surface area contributed by atoms with E-state index in [0.717, 1.165) is 0 Å². The van der Waals surface area contributed by atoms with Crippen LogP contribution in [0.15, 0.2) is 24.3 Å². The van der Waals surface area contributed by atoms with Gasteiger partial charge in [0.25, 0.3) is 0 Å². The summed E-state index contributed by atoms with van der Waals surface area (Å²) in [6.07, 6.45) is -3.64. The molecule has 0 unspecified atom stereocenters. The van der Waals surface area contributed by atoms with E-state index in [2.05, 4.69) is 30.2 Å². The van der Waals surface area contributed by atoms with Crippen LogP contribution in [0.3, 0.4) is 0 Å². The summed E-state index contributed by atoms with van der Waals surface area (Å²) in [4.78, 5) is 8.20. The van der Waals surface area contributed by atoms with Crippen LogP contribution < -0.4 is 26.1 Å². The molecule has 0 aliphatic carbocycles. The first-order valence-corrected chi connectivity index (χ1v) is 5.94. The Labute approximate surface area is 118 Å². The van der Waals surface area contributed by atoms with Gasteiger partial charge in [-0.3, -0.25) is 0 Å². The van der Waals surface area contributed by atoms with E-state index in [4.69, 9.17) is 5.84 Å². The van der Waals surface area contributed by atoms with Gasteiger partial charge < -0.3 is 20.2 Å². The summed E-state index contributed by atoms with van der Waals surface area (Å²) in [5, 5.41) is 2.95. The molecule has 0 atom stereocenters. The number of rotatable bonds is 3. The highest BCUT2D eigenvalue weighted by Gasteiger charge is 2.43. The molecule has 2 aromatic rings. The van der Waals surface area contributed by atoms with Gasteiger partial charge in [-0.1, -0.05) is 0 Å². The molecule has 1 aliphatic rings. The summed E-state index contributed by atoms with van der Waals surface area (Å²) in [6.45, 7) is 1.70. The molecular formula is C12H11F2N5O2. The Hall–Kier alpha value is -2.68. The van der Waals surface area contributed by atoms with Gasteiger partial charge in [0.15, 0.2) is 11.5 Å². The Balaban J connectivity index is 1.85. The predicted molar refractivity (Wildman–Crippen MR) is 70.5 cm³/mol. The number of nitrogens with one attached hydrogen (secondary N) is 2. The van der Waals surface area contributed by atoms with Gasteiger partial charge in [-0.05, 0) is 19.1 Å². The van der Waals surface area contributed by atoms with E-state index in [1.807, 2.05) is 0 Å². The Kier molecular flexibility index (Phi) is 2.98. The van der Waals surface area contributed by atoms with Crippen molar-refractivity contribution in [2.45, 2.75) is 13.2 Å². The maximum absolute atomic E-state index is 12.9. The standard InChI is InChI=1S/C12H11F2N5O2/c1-6-16-10(5-11(17-6)19-15)18-7-2-3-8-9(4-7)21-12(13,14)20-8/h2-5H,15H2,1H3,(H2,16,17,18,19). The number of nitrogens with two attached hydrogens (primary N) is 1. The number of nitrogen functional groups attached to an aromatic ring is 1. The lowest BCUT2D eigenvalue weighted by Crippen LogP contribution is -2.25. The fourth-order valence-corrected chi connectivity index (χ4v) is 1.88. The summed E-state index contributed by atoms with van der Waals surface area (Å²) in [6, 6.07) is 5.92. The van der Waals surface area contributed by atoms with Gasteiger partial charge >= 0.3 is 6.29 Å². The minimum absolute atomic E-state index is 0.0197. The average molecular weight is 295 g/mol. The molecule has 0 spiro atoms. The number of aromatic nitrogens is 2. The Morgan fingerprint density at radius 2 is 1.81 bits per heavy atom. The number of alkyl halides is 2. The van der Waals surface area contributed by atoms with E-state index < -0.39 is 6.29 Å². The van der Waals surface area contributed by atoms with Crippen LogP contribution in [0, 0.1) is 6.92 Å². The molecule has 9 heteroatoms. The van der Waals surface area contributed by atoms with Crippen LogP contribution in [0.1, 0.15) is 5.82 Å². The molecule has 1 aliphatic heterocycles. The third-order valence-corrected chi connectivity index (χ3v) is 2.66. The first kappa shape index (κ1) is 13.3. The first-order chi connectivity index (χ1) is 9.95. The molecular weight excluding hydrogens is 284 g/mol. The number of ether oxygens (including phenoxy) is 2. The highest BCUT2D eigenvalue weighted by Crippen LogP contribution is 2.42. The van der Waals surface area contributed by atoms with Gasteiger partial charge in [0.1, 0.15) is 17.5 Å². The SMILES string of the molecule is Cc1nc(NN)cc(Nc2ccc3c(c2)OC(F)(F)O3)n1. The zero-order chi connectivity index (χ0) is 15.0. The van der Waals surface area contributed by atoms with Gasteiger partial charge in [0.2, 0.25) is 0 Å². The fraction of sp³-hybridized carbons (Fsp3) is 0.167. The van der Waals surface area contributed by atoms with Crippen LogP contribution in [0.2, 0.25) is 0 Å². The lowest BCUT2D eigenvalue weighted by molar-refractivity contribution is -0.286. The van der Waals surface area contributed by atoms with E-state index in [1.165, 1.54) is 12.1 Å².